The van der Waals surface area contributed by atoms with Crippen LogP contribution in [-0.2, 0) is 6.54 Å². The summed E-state index contributed by atoms with van der Waals surface area (Å²) in [6.45, 7) is 0.575. The lowest BCUT2D eigenvalue weighted by Crippen LogP contribution is -2.46. The van der Waals surface area contributed by atoms with Crippen molar-refractivity contribution in [3.05, 3.63) is 69.1 Å². The maximum atomic E-state index is 12.5. The van der Waals surface area contributed by atoms with E-state index in [-0.39, 0.29) is 28.0 Å². The third kappa shape index (κ3) is 3.56. The van der Waals surface area contributed by atoms with Gasteiger partial charge in [-0.1, -0.05) is 35.3 Å². The highest BCUT2D eigenvalue weighted by atomic mass is 35.5. The second-order valence-electron chi connectivity index (χ2n) is 6.86. The summed E-state index contributed by atoms with van der Waals surface area (Å²) in [6.07, 6.45) is 1.44. The molecular weight excluding hydrogens is 441 g/mol. The Morgan fingerprint density at radius 2 is 1.87 bits per heavy atom. The lowest BCUT2D eigenvalue weighted by atomic mass is 9.94. The van der Waals surface area contributed by atoms with E-state index < -0.39 is 18.0 Å². The fraction of sp³-hybridized carbons (Fsp3) is 0.150. The third-order valence-electron chi connectivity index (χ3n) is 5.07. The molecule has 156 valence electrons. The molecule has 1 aliphatic heterocycles. The van der Waals surface area contributed by atoms with Crippen LogP contribution in [0.2, 0.25) is 10.2 Å². The number of fused-ring (bicyclic) bond motifs is 1. The average molecular weight is 456 g/mol. The van der Waals surface area contributed by atoms with Gasteiger partial charge in [0, 0.05) is 18.3 Å². The van der Waals surface area contributed by atoms with Crippen LogP contribution in [0.15, 0.2) is 36.5 Å². The second kappa shape index (κ2) is 7.91. The number of carbonyl (C=O) groups excluding carboxylic acids is 2. The van der Waals surface area contributed by atoms with Crippen molar-refractivity contribution in [1.82, 2.24) is 19.7 Å². The van der Waals surface area contributed by atoms with Crippen LogP contribution in [0.3, 0.4) is 0 Å². The van der Waals surface area contributed by atoms with Crippen molar-refractivity contribution in [2.24, 2.45) is 11.5 Å². The van der Waals surface area contributed by atoms with Crippen molar-refractivity contribution < 1.29 is 9.59 Å². The number of nitriles is 1. The fourth-order valence-electron chi connectivity index (χ4n) is 3.71. The summed E-state index contributed by atoms with van der Waals surface area (Å²) in [5, 5.41) is 14.0. The van der Waals surface area contributed by atoms with Gasteiger partial charge in [0.1, 0.15) is 16.9 Å². The van der Waals surface area contributed by atoms with Gasteiger partial charge in [0.05, 0.1) is 34.5 Å². The van der Waals surface area contributed by atoms with E-state index in [1.165, 1.54) is 11.1 Å². The Morgan fingerprint density at radius 1 is 1.16 bits per heavy atom. The lowest BCUT2D eigenvalue weighted by molar-refractivity contribution is 0.0995. The van der Waals surface area contributed by atoms with E-state index in [0.717, 1.165) is 0 Å². The predicted octanol–water partition coefficient (Wildman–Crippen LogP) is 2.71. The molecule has 0 saturated carbocycles. The summed E-state index contributed by atoms with van der Waals surface area (Å²) in [5.74, 6) is -0.729. The summed E-state index contributed by atoms with van der Waals surface area (Å²) < 4.78 is 1.63. The normalized spacial score (nSPS) is 15.3. The smallest absolute Gasteiger partial charge is 0.315 e. The van der Waals surface area contributed by atoms with Crippen LogP contribution in [0.25, 0.3) is 11.3 Å². The van der Waals surface area contributed by atoms with Crippen LogP contribution >= 0.6 is 23.2 Å². The Hall–Kier alpha value is -3.61. The Bertz CT molecular complexity index is 1250. The van der Waals surface area contributed by atoms with E-state index in [9.17, 15) is 9.59 Å². The third-order valence-corrected chi connectivity index (χ3v) is 5.76. The molecule has 0 aliphatic carbocycles. The van der Waals surface area contributed by atoms with Gasteiger partial charge in [-0.2, -0.15) is 10.4 Å². The number of benzene rings is 1. The SMILES string of the molecule is N#Cc1ccc(C2c3c(C(N)=O)c(-c4cnc(Cl)c(Cl)c4)nn3CCN2C(N)=O)cc1. The number of primary amides is 2. The number of nitrogens with two attached hydrogens (primary N) is 2. The zero-order valence-corrected chi connectivity index (χ0v) is 17.4. The molecule has 3 aromatic rings. The minimum Gasteiger partial charge on any atom is -0.365 e. The first-order chi connectivity index (χ1) is 14.8. The molecule has 3 amide bonds. The van der Waals surface area contributed by atoms with Crippen molar-refractivity contribution >= 4 is 35.1 Å². The molecule has 1 unspecified atom stereocenters. The number of aromatic nitrogens is 3. The molecule has 1 atom stereocenters. The zero-order valence-electron chi connectivity index (χ0n) is 15.9. The van der Waals surface area contributed by atoms with Crippen molar-refractivity contribution in [1.29, 1.82) is 5.26 Å². The maximum absolute atomic E-state index is 12.5. The van der Waals surface area contributed by atoms with Crippen molar-refractivity contribution in [2.45, 2.75) is 12.6 Å². The number of nitrogens with zero attached hydrogens (tertiary/aromatic N) is 5. The molecular formula is C20H15Cl2N7O2. The van der Waals surface area contributed by atoms with Gasteiger partial charge < -0.3 is 16.4 Å². The summed E-state index contributed by atoms with van der Waals surface area (Å²) in [6, 6.07) is 8.86. The van der Waals surface area contributed by atoms with Crippen molar-refractivity contribution in [2.75, 3.05) is 6.54 Å². The first-order valence-electron chi connectivity index (χ1n) is 9.10. The molecule has 0 bridgehead atoms. The van der Waals surface area contributed by atoms with Crippen LogP contribution in [0.1, 0.15) is 33.2 Å². The van der Waals surface area contributed by atoms with Gasteiger partial charge in [-0.15, -0.1) is 0 Å². The minimum atomic E-state index is -0.729. The molecule has 0 saturated heterocycles. The van der Waals surface area contributed by atoms with E-state index >= 15 is 0 Å². The van der Waals surface area contributed by atoms with E-state index in [1.54, 1.807) is 35.0 Å². The van der Waals surface area contributed by atoms with Gasteiger partial charge in [-0.05, 0) is 23.8 Å². The average Bonchev–Trinajstić information content (AvgIpc) is 3.15. The quantitative estimate of drug-likeness (QED) is 0.583. The molecule has 0 spiro atoms. The van der Waals surface area contributed by atoms with Gasteiger partial charge in [0.15, 0.2) is 0 Å². The van der Waals surface area contributed by atoms with Crippen LogP contribution in [0.4, 0.5) is 4.79 Å². The zero-order chi connectivity index (χ0) is 22.3. The molecule has 3 heterocycles. The Kier molecular flexibility index (Phi) is 5.27. The highest BCUT2D eigenvalue weighted by Gasteiger charge is 2.38. The number of carbonyl (C=O) groups is 2. The number of halogens is 2. The van der Waals surface area contributed by atoms with E-state index in [0.29, 0.717) is 28.9 Å². The highest BCUT2D eigenvalue weighted by molar-refractivity contribution is 6.41. The summed E-state index contributed by atoms with van der Waals surface area (Å²) in [4.78, 5) is 30.2. The number of pyridine rings is 1. The van der Waals surface area contributed by atoms with Gasteiger partial charge in [0.2, 0.25) is 0 Å². The predicted molar refractivity (Wildman–Crippen MR) is 113 cm³/mol. The molecule has 0 fully saturated rings. The standard InChI is InChI=1S/C20H15Cl2N7O2/c21-13-7-12(9-26-18(13)22)15-14(19(24)30)17-16(11-3-1-10(8-23)2-4-11)28(20(25)31)5-6-29(17)27-15/h1-4,7,9,16H,5-6H2,(H2,24,30)(H2,25,31). The molecule has 4 rings (SSSR count). The molecule has 31 heavy (non-hydrogen) atoms. The number of amides is 3. The second-order valence-corrected chi connectivity index (χ2v) is 7.63. The first kappa shape index (κ1) is 20.7. The van der Waals surface area contributed by atoms with Gasteiger partial charge >= 0.3 is 6.03 Å². The number of hydrogen-bond acceptors (Lipinski definition) is 5. The molecule has 0 radical (unpaired) electrons. The molecule has 1 aliphatic rings. The monoisotopic (exact) mass is 455 g/mol. The summed E-state index contributed by atoms with van der Waals surface area (Å²) >= 11 is 12.0. The first-order valence-corrected chi connectivity index (χ1v) is 9.85. The number of hydrogen-bond donors (Lipinski definition) is 2. The molecule has 1 aromatic carbocycles. The lowest BCUT2D eigenvalue weighted by Gasteiger charge is -2.35. The van der Waals surface area contributed by atoms with Gasteiger partial charge in [-0.3, -0.25) is 9.48 Å². The molecule has 9 nitrogen and oxygen atoms in total. The maximum Gasteiger partial charge on any atom is 0.315 e. The van der Waals surface area contributed by atoms with Crippen molar-refractivity contribution in [3.8, 4) is 17.3 Å². The Labute approximate surface area is 186 Å². The molecule has 11 heteroatoms. The van der Waals surface area contributed by atoms with Crippen LogP contribution in [0.5, 0.6) is 0 Å². The van der Waals surface area contributed by atoms with Crippen LogP contribution < -0.4 is 11.5 Å². The van der Waals surface area contributed by atoms with Crippen LogP contribution in [-0.4, -0.2) is 38.1 Å². The Morgan fingerprint density at radius 3 is 2.45 bits per heavy atom. The van der Waals surface area contributed by atoms with Gasteiger partial charge in [0.25, 0.3) is 5.91 Å². The number of urea groups is 1. The molecule has 4 N–H and O–H groups in total. The summed E-state index contributed by atoms with van der Waals surface area (Å²) in [5.41, 5.74) is 13.8. The minimum absolute atomic E-state index is 0.116. The molecule has 2 aromatic heterocycles. The van der Waals surface area contributed by atoms with Crippen LogP contribution in [0, 0.1) is 11.3 Å². The van der Waals surface area contributed by atoms with E-state index in [1.807, 2.05) is 6.07 Å². The largest absolute Gasteiger partial charge is 0.365 e. The van der Waals surface area contributed by atoms with Gasteiger partial charge in [-0.25, -0.2) is 9.78 Å². The summed E-state index contributed by atoms with van der Waals surface area (Å²) in [7, 11) is 0. The topological polar surface area (TPSA) is 144 Å². The Balaban J connectivity index is 1.96. The van der Waals surface area contributed by atoms with E-state index in [2.05, 4.69) is 10.1 Å². The number of rotatable bonds is 3. The fourth-order valence-corrected chi connectivity index (χ4v) is 3.98. The highest BCUT2D eigenvalue weighted by Crippen LogP contribution is 2.38. The van der Waals surface area contributed by atoms with E-state index in [4.69, 9.17) is 39.9 Å². The van der Waals surface area contributed by atoms with Crippen molar-refractivity contribution in [3.63, 3.8) is 0 Å².